The van der Waals surface area contributed by atoms with Crippen LogP contribution in [0.4, 0.5) is 0 Å². The van der Waals surface area contributed by atoms with Gasteiger partial charge in [0, 0.05) is 13.1 Å². The lowest BCUT2D eigenvalue weighted by Gasteiger charge is -2.71. The minimum absolute atomic E-state index is 0.00586. The highest BCUT2D eigenvalue weighted by molar-refractivity contribution is 5.84. The predicted octanol–water partition coefficient (Wildman–Crippen LogP) is 3.16. The molecule has 388 valence electrons. The number of aliphatic hydroxyl groups is 8. The topological polar surface area (TPSA) is 238 Å². The first-order valence-corrected chi connectivity index (χ1v) is 26.3. The van der Waals surface area contributed by atoms with Gasteiger partial charge in [0.2, 0.25) is 5.91 Å². The third kappa shape index (κ3) is 7.85. The van der Waals surface area contributed by atoms with Crippen molar-refractivity contribution in [2.24, 2.45) is 56.7 Å². The number of ether oxygens (including phenoxy) is 6. The van der Waals surface area contributed by atoms with E-state index in [-0.39, 0.29) is 33.5 Å². The lowest BCUT2D eigenvalue weighted by Crippen LogP contribution is -2.68. The molecule has 4 saturated carbocycles. The van der Waals surface area contributed by atoms with Crippen LogP contribution in [0.3, 0.4) is 0 Å². The maximum absolute atomic E-state index is 14.8. The van der Waals surface area contributed by atoms with Gasteiger partial charge in [-0.3, -0.25) is 4.79 Å². The Morgan fingerprint density at radius 3 is 1.87 bits per heavy atom. The summed E-state index contributed by atoms with van der Waals surface area (Å²) in [5.41, 5.74) is 0.694. The SMILES string of the molecule is C[C@H]1[C@H](C)CC[C@]2(C(=O)N3CCCC3)CC[C@]3(C)C(=CC[C@@H]4[C@@]5(C)CC[C@H](O[C@@H]6O[C@H](CO)[C@@H](O[C@@H]7O[C@@H](C)[C@H](O)[C@@H](O)[C@H]7O)[C@H](O)[C@H]6O[C@@H]6O[C@@H](C)[C@H](O)[C@@H](O)[C@H]6O)C(C)(C)[C@@H]5CC[C@]43C)[C@H]12. The van der Waals surface area contributed by atoms with Gasteiger partial charge in [0.05, 0.1) is 30.3 Å². The van der Waals surface area contributed by atoms with Crippen LogP contribution in [-0.2, 0) is 33.2 Å². The third-order valence-electron chi connectivity index (χ3n) is 21.0. The van der Waals surface area contributed by atoms with E-state index in [1.807, 2.05) is 0 Å². The van der Waals surface area contributed by atoms with Crippen molar-refractivity contribution < 1.29 is 74.1 Å². The van der Waals surface area contributed by atoms with Gasteiger partial charge >= 0.3 is 0 Å². The maximum Gasteiger partial charge on any atom is 0.229 e. The Kier molecular flexibility index (Phi) is 14.1. The molecule has 0 unspecified atom stereocenters. The van der Waals surface area contributed by atoms with Crippen molar-refractivity contribution in [3.63, 3.8) is 0 Å². The average molecular weight is 964 g/mol. The van der Waals surface area contributed by atoms with E-state index in [2.05, 4.69) is 59.4 Å². The summed E-state index contributed by atoms with van der Waals surface area (Å²) in [5, 5.41) is 87.0. The summed E-state index contributed by atoms with van der Waals surface area (Å²) in [6.45, 7) is 21.1. The number of hydrogen-bond donors (Lipinski definition) is 8. The van der Waals surface area contributed by atoms with Crippen LogP contribution in [-0.4, -0.2) is 170 Å². The molecule has 9 aliphatic rings. The maximum atomic E-state index is 14.8. The normalized spacial score (nSPS) is 54.8. The van der Waals surface area contributed by atoms with Crippen molar-refractivity contribution in [1.29, 1.82) is 0 Å². The molecule has 16 nitrogen and oxygen atoms in total. The fraction of sp³-hybridized carbons (Fsp3) is 0.942. The molecule has 8 N–H and O–H groups in total. The first-order chi connectivity index (χ1) is 32.0. The van der Waals surface area contributed by atoms with E-state index in [0.717, 1.165) is 77.3 Å². The molecule has 4 saturated heterocycles. The van der Waals surface area contributed by atoms with Crippen LogP contribution in [0, 0.1) is 56.7 Å². The van der Waals surface area contributed by atoms with Crippen LogP contribution in [0.2, 0.25) is 0 Å². The fourth-order valence-electron chi connectivity index (χ4n) is 16.5. The van der Waals surface area contributed by atoms with Gasteiger partial charge in [-0.05, 0) is 136 Å². The summed E-state index contributed by atoms with van der Waals surface area (Å²) in [6.07, 6.45) is -8.81. The van der Waals surface area contributed by atoms with Gasteiger partial charge in [0.25, 0.3) is 0 Å². The number of amides is 1. The number of carbonyl (C=O) groups is 1. The quantitative estimate of drug-likeness (QED) is 0.129. The molecule has 1 amide bonds. The Hall–Kier alpha value is -1.35. The second-order valence-corrected chi connectivity index (χ2v) is 24.6. The molecule has 0 bridgehead atoms. The van der Waals surface area contributed by atoms with Crippen molar-refractivity contribution in [2.45, 2.75) is 231 Å². The number of likely N-dealkylation sites (tertiary alicyclic amines) is 1. The van der Waals surface area contributed by atoms with Crippen molar-refractivity contribution >= 4 is 5.91 Å². The number of rotatable bonds is 8. The molecule has 4 aliphatic heterocycles. The number of fused-ring (bicyclic) bond motifs is 7. The second-order valence-electron chi connectivity index (χ2n) is 24.6. The van der Waals surface area contributed by atoms with Gasteiger partial charge in [-0.2, -0.15) is 0 Å². The number of carbonyl (C=O) groups excluding carboxylic acids is 1. The molecular formula is C52H85NO15. The summed E-state index contributed by atoms with van der Waals surface area (Å²) >= 11 is 0. The molecule has 0 aromatic rings. The molecule has 68 heavy (non-hydrogen) atoms. The molecule has 16 heteroatoms. The Balaban J connectivity index is 0.985. The lowest BCUT2D eigenvalue weighted by atomic mass is 9.33. The van der Waals surface area contributed by atoms with E-state index in [1.54, 1.807) is 5.57 Å². The molecule has 4 heterocycles. The predicted molar refractivity (Wildman–Crippen MR) is 246 cm³/mol. The van der Waals surface area contributed by atoms with E-state index in [4.69, 9.17) is 28.4 Å². The van der Waals surface area contributed by atoms with Crippen LogP contribution in [0.25, 0.3) is 0 Å². The zero-order valence-electron chi connectivity index (χ0n) is 42.0. The van der Waals surface area contributed by atoms with Gasteiger partial charge in [-0.25, -0.2) is 0 Å². The first kappa shape index (κ1) is 51.5. The third-order valence-corrected chi connectivity index (χ3v) is 21.0. The van der Waals surface area contributed by atoms with Crippen molar-refractivity contribution in [3.8, 4) is 0 Å². The first-order valence-electron chi connectivity index (χ1n) is 26.3. The van der Waals surface area contributed by atoms with Crippen LogP contribution >= 0.6 is 0 Å². The summed E-state index contributed by atoms with van der Waals surface area (Å²) in [7, 11) is 0. The Labute approximate surface area is 403 Å². The molecular weight excluding hydrogens is 879 g/mol. The van der Waals surface area contributed by atoms with Crippen molar-refractivity contribution in [1.82, 2.24) is 4.90 Å². The van der Waals surface area contributed by atoms with E-state index < -0.39 is 110 Å². The summed E-state index contributed by atoms with van der Waals surface area (Å²) in [4.78, 5) is 17.0. The van der Waals surface area contributed by atoms with Crippen molar-refractivity contribution in [2.75, 3.05) is 19.7 Å². The summed E-state index contributed by atoms with van der Waals surface area (Å²) in [6, 6.07) is 0. The van der Waals surface area contributed by atoms with Gasteiger partial charge < -0.3 is 74.2 Å². The Bertz CT molecular complexity index is 1860. The highest BCUT2D eigenvalue weighted by Crippen LogP contribution is 2.76. The number of nitrogens with zero attached hydrogens (tertiary/aromatic N) is 1. The molecule has 0 spiro atoms. The van der Waals surface area contributed by atoms with Gasteiger partial charge in [0.15, 0.2) is 18.9 Å². The zero-order valence-corrected chi connectivity index (χ0v) is 42.0. The Morgan fingerprint density at radius 2 is 1.26 bits per heavy atom. The van der Waals surface area contributed by atoms with E-state index in [0.29, 0.717) is 30.1 Å². The molecule has 9 rings (SSSR count). The van der Waals surface area contributed by atoms with E-state index in [9.17, 15) is 45.6 Å². The van der Waals surface area contributed by atoms with E-state index >= 15 is 0 Å². The number of allylic oxidation sites excluding steroid dienone is 2. The average Bonchev–Trinajstić information content (AvgIpc) is 3.85. The molecule has 25 atom stereocenters. The summed E-state index contributed by atoms with van der Waals surface area (Å²) < 4.78 is 37.4. The van der Waals surface area contributed by atoms with Gasteiger partial charge in [0.1, 0.15) is 61.0 Å². The zero-order chi connectivity index (χ0) is 49.2. The second kappa shape index (κ2) is 18.5. The monoisotopic (exact) mass is 964 g/mol. The summed E-state index contributed by atoms with van der Waals surface area (Å²) in [5.74, 6) is 2.25. The van der Waals surface area contributed by atoms with Crippen molar-refractivity contribution in [3.05, 3.63) is 11.6 Å². The smallest absolute Gasteiger partial charge is 0.229 e. The minimum Gasteiger partial charge on any atom is -0.394 e. The standard InChI is InChI=1S/C52H85NO15/c1-25-14-19-52(47(62)53-22-10-11-23-53)21-20-50(8)29(34(52)26(25)2)12-13-32-49(7)17-16-33(48(5,6)31(49)15-18-51(32,50)9)66-46-43(68-45-40(60)38(58)36(56)28(4)64-45)41(61)42(30(24-54)65-46)67-44-39(59)37(57)35(55)27(3)63-44/h12,25-28,30-46,54-61H,10-11,13-24H2,1-9H3/t25-,26+,27+,28+,30-,31+,32-,33+,34+,35+,36+,37-,38-,39-,40-,41+,42-,43-,44+,45+,46+,49+,50-,51-,52+/m1/s1. The van der Waals surface area contributed by atoms with Crippen LogP contribution in [0.1, 0.15) is 133 Å². The highest BCUT2D eigenvalue weighted by atomic mass is 16.8. The number of aliphatic hydroxyl groups excluding tert-OH is 8. The minimum atomic E-state index is -1.73. The molecule has 8 fully saturated rings. The van der Waals surface area contributed by atoms with Crippen LogP contribution in [0.15, 0.2) is 11.6 Å². The fourth-order valence-corrected chi connectivity index (χ4v) is 16.5. The Morgan fingerprint density at radius 1 is 0.662 bits per heavy atom. The highest BCUT2D eigenvalue weighted by Gasteiger charge is 2.70. The molecule has 0 aromatic carbocycles. The molecule has 0 aromatic heterocycles. The van der Waals surface area contributed by atoms with Crippen LogP contribution < -0.4 is 0 Å². The lowest BCUT2D eigenvalue weighted by molar-refractivity contribution is -0.393. The molecule has 0 radical (unpaired) electrons. The van der Waals surface area contributed by atoms with Gasteiger partial charge in [-0.1, -0.05) is 60.1 Å². The van der Waals surface area contributed by atoms with Gasteiger partial charge in [-0.15, -0.1) is 0 Å². The largest absolute Gasteiger partial charge is 0.394 e. The number of hydrogen-bond acceptors (Lipinski definition) is 15. The van der Waals surface area contributed by atoms with E-state index in [1.165, 1.54) is 13.8 Å². The van der Waals surface area contributed by atoms with Crippen LogP contribution in [0.5, 0.6) is 0 Å². The molecule has 5 aliphatic carbocycles.